The van der Waals surface area contributed by atoms with Crippen molar-refractivity contribution in [2.45, 2.75) is 55.8 Å². The number of hydrogen-bond acceptors (Lipinski definition) is 4. The first-order valence-electron chi connectivity index (χ1n) is 9.77. The summed E-state index contributed by atoms with van der Waals surface area (Å²) in [7, 11) is 0. The van der Waals surface area contributed by atoms with Gasteiger partial charge in [-0.3, -0.25) is 4.90 Å². The fourth-order valence-electron chi connectivity index (χ4n) is 6.16. The fraction of sp³-hybridized carbons (Fsp3) is 0.650. The first kappa shape index (κ1) is 15.6. The second-order valence-corrected chi connectivity index (χ2v) is 8.12. The molecule has 4 aliphatic rings. The van der Waals surface area contributed by atoms with Crippen molar-refractivity contribution in [3.05, 3.63) is 35.4 Å². The van der Waals surface area contributed by atoms with Gasteiger partial charge in [-0.1, -0.05) is 24.3 Å². The Hall–Kier alpha value is -1.59. The minimum atomic E-state index is 0.295. The molecule has 2 aliphatic carbocycles. The highest BCUT2D eigenvalue weighted by molar-refractivity contribution is 5.53. The highest BCUT2D eigenvalue weighted by atomic mass is 16.6. The van der Waals surface area contributed by atoms with E-state index in [1.807, 2.05) is 0 Å². The summed E-state index contributed by atoms with van der Waals surface area (Å²) in [6.07, 6.45) is 8.79. The Bertz CT molecular complexity index is 677. The van der Waals surface area contributed by atoms with E-state index in [0.29, 0.717) is 23.7 Å². The number of epoxide rings is 1. The van der Waals surface area contributed by atoms with Crippen molar-refractivity contribution in [3.8, 4) is 0 Å². The van der Waals surface area contributed by atoms with Gasteiger partial charge in [-0.15, -0.1) is 0 Å². The maximum atomic E-state index is 6.19. The number of rotatable bonds is 5. The molecule has 3 fully saturated rings. The van der Waals surface area contributed by atoms with Gasteiger partial charge >= 0.3 is 0 Å². The molecule has 0 spiro atoms. The lowest BCUT2D eigenvalue weighted by Crippen LogP contribution is -2.63. The number of nitrogens with zero attached hydrogens (tertiary/aromatic N) is 2. The van der Waals surface area contributed by atoms with Crippen LogP contribution in [-0.4, -0.2) is 49.1 Å². The molecule has 0 aromatic heterocycles. The summed E-state index contributed by atoms with van der Waals surface area (Å²) in [5.74, 6) is 5.90. The molecule has 1 saturated carbocycles. The molecule has 1 aromatic carbocycles. The van der Waals surface area contributed by atoms with Crippen LogP contribution in [0.15, 0.2) is 29.4 Å². The Labute approximate surface area is 149 Å². The van der Waals surface area contributed by atoms with Crippen LogP contribution in [0.25, 0.3) is 0 Å². The maximum absolute atomic E-state index is 6.19. The predicted molar refractivity (Wildman–Crippen MR) is 98.5 cm³/mol. The number of nitrogens with two attached hydrogens (primary N) is 1. The lowest BCUT2D eigenvalue weighted by atomic mass is 9.52. The predicted octanol–water partition coefficient (Wildman–Crippen LogP) is 1.61. The van der Waals surface area contributed by atoms with E-state index in [1.54, 1.807) is 17.5 Å². The van der Waals surface area contributed by atoms with E-state index in [1.165, 1.54) is 32.2 Å². The van der Waals surface area contributed by atoms with Gasteiger partial charge < -0.3 is 15.9 Å². The second kappa shape index (κ2) is 5.99. The van der Waals surface area contributed by atoms with Crippen LogP contribution in [0.3, 0.4) is 0 Å². The largest absolute Gasteiger partial charge is 0.375 e. The number of fused-ring (bicyclic) bond motifs is 2. The van der Waals surface area contributed by atoms with Crippen LogP contribution < -0.4 is 11.2 Å². The van der Waals surface area contributed by atoms with Crippen molar-refractivity contribution in [3.63, 3.8) is 0 Å². The molecule has 25 heavy (non-hydrogen) atoms. The monoisotopic (exact) mass is 340 g/mol. The molecule has 1 aromatic rings. The standard InChI is InChI=1S/C20H28N4O/c21-23-13-22-9-3-10-24-11-8-20-15-5-2-1-4-14(15)12-17(24)16(20)6-7-18-19(20)25-18/h1-2,4-5,13,16-19H,3,6-12,21H2,(H,22,23)/t16-,17+,18?,19?,20+/m0/s1. The molecule has 2 heterocycles. The van der Waals surface area contributed by atoms with E-state index < -0.39 is 0 Å². The third-order valence-corrected chi connectivity index (χ3v) is 7.14. The summed E-state index contributed by atoms with van der Waals surface area (Å²) >= 11 is 0. The molecule has 5 heteroatoms. The van der Waals surface area contributed by atoms with Gasteiger partial charge in [-0.05, 0) is 55.7 Å². The summed E-state index contributed by atoms with van der Waals surface area (Å²) < 4.78 is 6.19. The van der Waals surface area contributed by atoms with Gasteiger partial charge in [0.05, 0.1) is 12.2 Å². The molecular weight excluding hydrogens is 312 g/mol. The van der Waals surface area contributed by atoms with Crippen LogP contribution in [0, 0.1) is 5.92 Å². The number of benzene rings is 1. The molecule has 2 bridgehead atoms. The number of nitrogens with one attached hydrogen (secondary N) is 1. The Morgan fingerprint density at radius 3 is 3.20 bits per heavy atom. The highest BCUT2D eigenvalue weighted by Gasteiger charge is 2.66. The van der Waals surface area contributed by atoms with Gasteiger partial charge in [0, 0.05) is 24.5 Å². The van der Waals surface area contributed by atoms with Gasteiger partial charge in [0.1, 0.15) is 6.34 Å². The lowest BCUT2D eigenvalue weighted by molar-refractivity contribution is -0.00841. The molecule has 0 radical (unpaired) electrons. The van der Waals surface area contributed by atoms with Crippen molar-refractivity contribution in [1.82, 2.24) is 10.2 Å². The molecule has 134 valence electrons. The number of piperidine rings is 1. The average molecular weight is 340 g/mol. The molecule has 5 atom stereocenters. The quantitative estimate of drug-likeness (QED) is 0.213. The molecule has 5 nitrogen and oxygen atoms in total. The van der Waals surface area contributed by atoms with E-state index in [-0.39, 0.29) is 0 Å². The van der Waals surface area contributed by atoms with Crippen LogP contribution in [0.1, 0.15) is 36.8 Å². The molecule has 2 aliphatic heterocycles. The SMILES string of the molecule is NN=CNCCCN1CC[C@@]23c4ccccc4C[C@@H]1[C@@H]2CCC1OC13. The van der Waals surface area contributed by atoms with Gasteiger partial charge in [0.2, 0.25) is 0 Å². The molecular formula is C20H28N4O. The van der Waals surface area contributed by atoms with Crippen LogP contribution in [0.2, 0.25) is 0 Å². The summed E-state index contributed by atoms with van der Waals surface area (Å²) in [6.45, 7) is 3.29. The minimum absolute atomic E-state index is 0.295. The number of likely N-dealkylation sites (tertiary alicyclic amines) is 1. The number of ether oxygens (including phenoxy) is 1. The van der Waals surface area contributed by atoms with Gasteiger partial charge in [0.25, 0.3) is 0 Å². The summed E-state index contributed by atoms with van der Waals surface area (Å²) in [5.41, 5.74) is 3.48. The Morgan fingerprint density at radius 2 is 2.28 bits per heavy atom. The van der Waals surface area contributed by atoms with E-state index in [0.717, 1.165) is 25.4 Å². The first-order chi connectivity index (χ1) is 12.3. The van der Waals surface area contributed by atoms with Crippen molar-refractivity contribution in [2.75, 3.05) is 19.6 Å². The summed E-state index contributed by atoms with van der Waals surface area (Å²) in [5, 5.41) is 6.65. The van der Waals surface area contributed by atoms with Crippen molar-refractivity contribution < 1.29 is 4.74 Å². The van der Waals surface area contributed by atoms with Gasteiger partial charge in [0.15, 0.2) is 0 Å². The Kier molecular flexibility index (Phi) is 3.75. The third-order valence-electron chi connectivity index (χ3n) is 7.14. The number of hydrogen-bond donors (Lipinski definition) is 2. The first-order valence-corrected chi connectivity index (χ1v) is 9.77. The van der Waals surface area contributed by atoms with Crippen molar-refractivity contribution in [2.24, 2.45) is 16.9 Å². The molecule has 2 unspecified atom stereocenters. The number of hydrazone groups is 1. The third kappa shape index (κ3) is 2.32. The van der Waals surface area contributed by atoms with Gasteiger partial charge in [-0.2, -0.15) is 5.10 Å². The molecule has 5 rings (SSSR count). The van der Waals surface area contributed by atoms with E-state index in [4.69, 9.17) is 10.6 Å². The summed E-state index contributed by atoms with van der Waals surface area (Å²) in [6, 6.07) is 9.87. The lowest BCUT2D eigenvalue weighted by Gasteiger charge is -2.58. The normalized spacial score (nSPS) is 38.7. The molecule has 3 N–H and O–H groups in total. The zero-order valence-electron chi connectivity index (χ0n) is 14.7. The van der Waals surface area contributed by atoms with Crippen molar-refractivity contribution in [1.29, 1.82) is 0 Å². The fourth-order valence-corrected chi connectivity index (χ4v) is 6.16. The Balaban J connectivity index is 1.40. The smallest absolute Gasteiger partial charge is 0.108 e. The molecule has 2 saturated heterocycles. The van der Waals surface area contributed by atoms with E-state index in [9.17, 15) is 0 Å². The zero-order chi connectivity index (χ0) is 16.9. The molecule has 0 amide bonds. The average Bonchev–Trinajstić information content (AvgIpc) is 3.43. The van der Waals surface area contributed by atoms with Crippen molar-refractivity contribution >= 4 is 6.34 Å². The second-order valence-electron chi connectivity index (χ2n) is 8.12. The van der Waals surface area contributed by atoms with Gasteiger partial charge in [-0.25, -0.2) is 0 Å². The maximum Gasteiger partial charge on any atom is 0.108 e. The topological polar surface area (TPSA) is 66.2 Å². The summed E-state index contributed by atoms with van der Waals surface area (Å²) in [4.78, 5) is 2.75. The van der Waals surface area contributed by atoms with Crippen LogP contribution in [0.4, 0.5) is 0 Å². The Morgan fingerprint density at radius 1 is 1.36 bits per heavy atom. The van der Waals surface area contributed by atoms with Crippen LogP contribution in [0.5, 0.6) is 0 Å². The van der Waals surface area contributed by atoms with Crippen LogP contribution >= 0.6 is 0 Å². The highest BCUT2D eigenvalue weighted by Crippen LogP contribution is 2.61. The van der Waals surface area contributed by atoms with Crippen LogP contribution in [-0.2, 0) is 16.6 Å². The van der Waals surface area contributed by atoms with E-state index >= 15 is 0 Å². The zero-order valence-corrected chi connectivity index (χ0v) is 14.7. The van der Waals surface area contributed by atoms with E-state index in [2.05, 4.69) is 39.6 Å². The minimum Gasteiger partial charge on any atom is -0.375 e.